The largest absolute Gasteiger partial charge is 0.468 e. The Kier molecular flexibility index (Phi) is 7.44. The molecule has 0 aromatic carbocycles. The predicted molar refractivity (Wildman–Crippen MR) is 79.0 cm³/mol. The van der Waals surface area contributed by atoms with E-state index in [9.17, 15) is 4.79 Å². The van der Waals surface area contributed by atoms with E-state index in [0.29, 0.717) is 6.04 Å². The Hall–Kier alpha value is -0.570. The molecule has 0 saturated heterocycles. The molecule has 0 aromatic heterocycles. The van der Waals surface area contributed by atoms with Gasteiger partial charge in [-0.3, -0.25) is 4.79 Å². The first-order chi connectivity index (χ1) is 9.08. The highest BCUT2D eigenvalue weighted by molar-refractivity contribution is 5.75. The first-order valence-electron chi connectivity index (χ1n) is 7.92. The van der Waals surface area contributed by atoms with Crippen LogP contribution in [0.25, 0.3) is 0 Å². The minimum Gasteiger partial charge on any atom is -0.468 e. The third-order valence-corrected chi connectivity index (χ3v) is 4.32. The third-order valence-electron chi connectivity index (χ3n) is 4.32. The van der Waals surface area contributed by atoms with E-state index in [2.05, 4.69) is 26.1 Å². The summed E-state index contributed by atoms with van der Waals surface area (Å²) < 4.78 is 4.90. The molecule has 1 saturated carbocycles. The Morgan fingerprint density at radius 3 is 2.58 bits per heavy atom. The van der Waals surface area contributed by atoms with Crippen LogP contribution in [-0.2, 0) is 9.53 Å². The minimum atomic E-state index is -0.155. The lowest BCUT2D eigenvalue weighted by Gasteiger charge is -2.26. The van der Waals surface area contributed by atoms with Crippen molar-refractivity contribution < 1.29 is 9.53 Å². The van der Waals surface area contributed by atoms with Gasteiger partial charge >= 0.3 is 5.97 Å². The Morgan fingerprint density at radius 2 is 2.00 bits per heavy atom. The second-order valence-electron chi connectivity index (χ2n) is 6.27. The zero-order valence-corrected chi connectivity index (χ0v) is 13.1. The van der Waals surface area contributed by atoms with Crippen LogP contribution >= 0.6 is 0 Å². The summed E-state index contributed by atoms with van der Waals surface area (Å²) in [6.45, 7) is 6.42. The Bertz CT molecular complexity index is 265. The fraction of sp³-hybridized carbons (Fsp3) is 0.938. The van der Waals surface area contributed by atoms with Gasteiger partial charge < -0.3 is 10.1 Å². The van der Waals surface area contributed by atoms with Crippen molar-refractivity contribution in [2.75, 3.05) is 7.11 Å². The van der Waals surface area contributed by atoms with Gasteiger partial charge in [-0.15, -0.1) is 0 Å². The van der Waals surface area contributed by atoms with Gasteiger partial charge in [0.05, 0.1) is 7.11 Å². The Labute approximate surface area is 118 Å². The molecule has 0 heterocycles. The average Bonchev–Trinajstić information content (AvgIpc) is 2.61. The van der Waals surface area contributed by atoms with Gasteiger partial charge in [0.1, 0.15) is 6.04 Å². The summed E-state index contributed by atoms with van der Waals surface area (Å²) in [7, 11) is 1.48. The summed E-state index contributed by atoms with van der Waals surface area (Å²) >= 11 is 0. The molecule has 3 nitrogen and oxygen atoms in total. The van der Waals surface area contributed by atoms with Gasteiger partial charge in [0.2, 0.25) is 0 Å². The molecule has 1 rings (SSSR count). The van der Waals surface area contributed by atoms with Crippen molar-refractivity contribution in [2.45, 2.75) is 77.8 Å². The lowest BCUT2D eigenvalue weighted by molar-refractivity contribution is -0.144. The molecule has 3 atom stereocenters. The van der Waals surface area contributed by atoms with E-state index in [1.165, 1.54) is 52.1 Å². The molecule has 2 unspecified atom stereocenters. The van der Waals surface area contributed by atoms with E-state index in [0.717, 1.165) is 5.92 Å². The fourth-order valence-electron chi connectivity index (χ4n) is 3.16. The number of methoxy groups -OCH3 is 1. The number of carbonyl (C=O) groups is 1. The summed E-state index contributed by atoms with van der Waals surface area (Å²) in [6, 6.07) is 0.325. The van der Waals surface area contributed by atoms with Crippen LogP contribution in [0.3, 0.4) is 0 Å². The van der Waals surface area contributed by atoms with Crippen LogP contribution in [0.1, 0.15) is 65.7 Å². The van der Waals surface area contributed by atoms with Gasteiger partial charge in [-0.05, 0) is 31.1 Å². The number of hydrogen-bond donors (Lipinski definition) is 1. The molecule has 0 spiro atoms. The van der Waals surface area contributed by atoms with Crippen molar-refractivity contribution in [1.82, 2.24) is 5.32 Å². The van der Waals surface area contributed by atoms with Crippen LogP contribution in [0, 0.1) is 11.8 Å². The SMILES string of the molecule is CCCC1CCCC(N[C@H](C(=O)OC)C(C)C)CC1. The quantitative estimate of drug-likeness (QED) is 0.592. The van der Waals surface area contributed by atoms with Crippen LogP contribution < -0.4 is 5.32 Å². The topological polar surface area (TPSA) is 38.3 Å². The van der Waals surface area contributed by atoms with Crippen molar-refractivity contribution in [3.8, 4) is 0 Å². The zero-order chi connectivity index (χ0) is 14.3. The van der Waals surface area contributed by atoms with Crippen LogP contribution in [0.2, 0.25) is 0 Å². The second-order valence-corrected chi connectivity index (χ2v) is 6.27. The van der Waals surface area contributed by atoms with E-state index in [1.54, 1.807) is 0 Å². The molecule has 1 N–H and O–H groups in total. The molecular formula is C16H31NO2. The maximum absolute atomic E-state index is 11.8. The van der Waals surface area contributed by atoms with Gasteiger partial charge in [-0.1, -0.05) is 46.5 Å². The molecule has 0 amide bonds. The lowest BCUT2D eigenvalue weighted by atomic mass is 9.95. The molecule has 0 aliphatic heterocycles. The number of esters is 1. The monoisotopic (exact) mass is 269 g/mol. The molecule has 0 aromatic rings. The van der Waals surface area contributed by atoms with E-state index in [1.807, 2.05) is 0 Å². The fourth-order valence-corrected chi connectivity index (χ4v) is 3.16. The summed E-state index contributed by atoms with van der Waals surface area (Å²) in [4.78, 5) is 11.8. The van der Waals surface area contributed by atoms with Crippen LogP contribution in [0.5, 0.6) is 0 Å². The van der Waals surface area contributed by atoms with Crippen molar-refractivity contribution in [3.05, 3.63) is 0 Å². The van der Waals surface area contributed by atoms with Gasteiger partial charge in [-0.25, -0.2) is 0 Å². The molecule has 1 aliphatic rings. The molecule has 3 heteroatoms. The van der Waals surface area contributed by atoms with Crippen LogP contribution in [-0.4, -0.2) is 25.2 Å². The van der Waals surface area contributed by atoms with Crippen molar-refractivity contribution >= 4 is 5.97 Å². The van der Waals surface area contributed by atoms with E-state index in [-0.39, 0.29) is 17.9 Å². The maximum atomic E-state index is 11.8. The standard InChI is InChI=1S/C16H31NO2/c1-5-7-13-8-6-9-14(11-10-13)17-15(12(2)3)16(18)19-4/h12-15,17H,5-11H2,1-4H3/t13?,14?,15-/m0/s1. The number of hydrogen-bond acceptors (Lipinski definition) is 3. The molecule has 0 radical (unpaired) electrons. The lowest BCUT2D eigenvalue weighted by Crippen LogP contribution is -2.47. The van der Waals surface area contributed by atoms with E-state index < -0.39 is 0 Å². The highest BCUT2D eigenvalue weighted by Crippen LogP contribution is 2.27. The van der Waals surface area contributed by atoms with Crippen LogP contribution in [0.4, 0.5) is 0 Å². The Morgan fingerprint density at radius 1 is 1.26 bits per heavy atom. The summed E-state index contributed by atoms with van der Waals surface area (Å²) in [5.41, 5.74) is 0. The van der Waals surface area contributed by atoms with Crippen molar-refractivity contribution in [1.29, 1.82) is 0 Å². The highest BCUT2D eigenvalue weighted by Gasteiger charge is 2.27. The third kappa shape index (κ3) is 5.52. The van der Waals surface area contributed by atoms with Crippen molar-refractivity contribution in [3.63, 3.8) is 0 Å². The maximum Gasteiger partial charge on any atom is 0.323 e. The molecule has 1 fully saturated rings. The van der Waals surface area contributed by atoms with Crippen molar-refractivity contribution in [2.24, 2.45) is 11.8 Å². The summed E-state index contributed by atoms with van der Waals surface area (Å²) in [5.74, 6) is 1.05. The molecule has 112 valence electrons. The number of rotatable bonds is 6. The van der Waals surface area contributed by atoms with Gasteiger partial charge in [0.15, 0.2) is 0 Å². The number of nitrogens with one attached hydrogen (secondary N) is 1. The highest BCUT2D eigenvalue weighted by atomic mass is 16.5. The number of ether oxygens (including phenoxy) is 1. The Balaban J connectivity index is 2.48. The molecular weight excluding hydrogens is 238 g/mol. The minimum absolute atomic E-state index is 0.121. The van der Waals surface area contributed by atoms with Gasteiger partial charge in [0, 0.05) is 6.04 Å². The molecule has 19 heavy (non-hydrogen) atoms. The predicted octanol–water partition coefficient (Wildman–Crippen LogP) is 3.52. The zero-order valence-electron chi connectivity index (χ0n) is 13.1. The summed E-state index contributed by atoms with van der Waals surface area (Å²) in [5, 5.41) is 3.53. The molecule has 0 bridgehead atoms. The van der Waals surface area contributed by atoms with Gasteiger partial charge in [-0.2, -0.15) is 0 Å². The van der Waals surface area contributed by atoms with E-state index in [4.69, 9.17) is 4.74 Å². The number of carbonyl (C=O) groups excluding carboxylic acids is 1. The molecule has 1 aliphatic carbocycles. The van der Waals surface area contributed by atoms with Crippen LogP contribution in [0.15, 0.2) is 0 Å². The summed E-state index contributed by atoms with van der Waals surface area (Å²) in [6.07, 6.45) is 8.99. The van der Waals surface area contributed by atoms with Gasteiger partial charge in [0.25, 0.3) is 0 Å². The average molecular weight is 269 g/mol. The normalized spacial score (nSPS) is 25.9. The smallest absolute Gasteiger partial charge is 0.323 e. The van der Waals surface area contributed by atoms with E-state index >= 15 is 0 Å². The second kappa shape index (κ2) is 8.57. The first-order valence-corrected chi connectivity index (χ1v) is 7.92. The first kappa shape index (κ1) is 16.5.